The minimum atomic E-state index is 0.561. The third kappa shape index (κ3) is 6.75. The average molecular weight is 386 g/mol. The van der Waals surface area contributed by atoms with Crippen LogP contribution in [-0.4, -0.2) is 27.9 Å². The van der Waals surface area contributed by atoms with Gasteiger partial charge in [0, 0.05) is 6.54 Å². The van der Waals surface area contributed by atoms with Crippen LogP contribution in [0.15, 0.2) is 42.5 Å². The number of benzene rings is 2. The van der Waals surface area contributed by atoms with Crippen LogP contribution in [0.5, 0.6) is 17.2 Å². The molecule has 4 heteroatoms. The summed E-state index contributed by atoms with van der Waals surface area (Å²) < 4.78 is 16.0. The van der Waals surface area contributed by atoms with Gasteiger partial charge < -0.3 is 19.5 Å². The van der Waals surface area contributed by atoms with E-state index in [1.165, 1.54) is 24.0 Å². The Morgan fingerprint density at radius 2 is 1.50 bits per heavy atom. The summed E-state index contributed by atoms with van der Waals surface area (Å²) >= 11 is 0. The summed E-state index contributed by atoms with van der Waals surface area (Å²) in [6.45, 7) is 6.38. The van der Waals surface area contributed by atoms with Crippen molar-refractivity contribution in [3.8, 4) is 17.2 Å². The molecule has 28 heavy (non-hydrogen) atoms. The highest BCUT2D eigenvalue weighted by Crippen LogP contribution is 2.29. The maximum Gasteiger partial charge on any atom is 0.161 e. The second-order valence-electron chi connectivity index (χ2n) is 7.60. The molecule has 2 aromatic rings. The lowest BCUT2D eigenvalue weighted by atomic mass is 9.88. The van der Waals surface area contributed by atoms with Crippen molar-refractivity contribution in [3.05, 3.63) is 53.6 Å². The molecule has 2 rings (SSSR count). The molecule has 4 nitrogen and oxygen atoms in total. The van der Waals surface area contributed by atoms with Crippen LogP contribution >= 0.6 is 0 Å². The Labute approximate surface area is 170 Å². The van der Waals surface area contributed by atoms with E-state index in [0.717, 1.165) is 42.7 Å². The summed E-state index contributed by atoms with van der Waals surface area (Å²) in [4.78, 5) is 0. The first-order valence-corrected chi connectivity index (χ1v) is 10.1. The van der Waals surface area contributed by atoms with Crippen LogP contribution in [0.4, 0.5) is 0 Å². The van der Waals surface area contributed by atoms with Gasteiger partial charge in [0.1, 0.15) is 5.75 Å². The number of ether oxygens (including phenoxy) is 3. The molecule has 0 aliphatic carbocycles. The van der Waals surface area contributed by atoms with E-state index in [1.54, 1.807) is 21.3 Å². The molecule has 0 spiro atoms. The van der Waals surface area contributed by atoms with Gasteiger partial charge in [0.15, 0.2) is 11.5 Å². The minimum absolute atomic E-state index is 0.561. The Morgan fingerprint density at radius 1 is 0.786 bits per heavy atom. The first-order valence-electron chi connectivity index (χ1n) is 10.1. The molecule has 0 saturated carbocycles. The summed E-state index contributed by atoms with van der Waals surface area (Å²) in [5, 5.41) is 3.58. The fraction of sp³-hybridized carbons (Fsp3) is 0.500. The molecule has 0 saturated heterocycles. The number of hydrogen-bond acceptors (Lipinski definition) is 4. The molecule has 2 aromatic carbocycles. The van der Waals surface area contributed by atoms with Gasteiger partial charge in [0.2, 0.25) is 0 Å². The van der Waals surface area contributed by atoms with Crippen molar-refractivity contribution in [3.63, 3.8) is 0 Å². The molecule has 0 unspecified atom stereocenters. The van der Waals surface area contributed by atoms with Crippen molar-refractivity contribution in [1.29, 1.82) is 0 Å². The number of rotatable bonds is 12. The summed E-state index contributed by atoms with van der Waals surface area (Å²) in [6.07, 6.45) is 3.57. The lowest BCUT2D eigenvalue weighted by molar-refractivity contribution is 0.354. The quantitative estimate of drug-likeness (QED) is 0.496. The van der Waals surface area contributed by atoms with Crippen molar-refractivity contribution in [2.75, 3.05) is 27.9 Å². The van der Waals surface area contributed by atoms with Crippen LogP contribution in [0.1, 0.15) is 50.2 Å². The summed E-state index contributed by atoms with van der Waals surface area (Å²) in [5.74, 6) is 3.74. The zero-order chi connectivity index (χ0) is 20.4. The zero-order valence-electron chi connectivity index (χ0n) is 18.0. The maximum atomic E-state index is 5.39. The molecule has 154 valence electrons. The minimum Gasteiger partial charge on any atom is -0.497 e. The fourth-order valence-electron chi connectivity index (χ4n) is 3.39. The van der Waals surface area contributed by atoms with Crippen LogP contribution in [-0.2, 0) is 6.54 Å². The van der Waals surface area contributed by atoms with Gasteiger partial charge in [-0.25, -0.2) is 0 Å². The van der Waals surface area contributed by atoms with E-state index < -0.39 is 0 Å². The van der Waals surface area contributed by atoms with E-state index in [2.05, 4.69) is 49.5 Å². The standard InChI is InChI=1S/C24H35NO3/c1-18(2)6-8-21(20-9-11-22(26-3)12-10-20)14-15-25-17-19-7-13-23(27-4)24(16-19)28-5/h7,9-13,16,18,21,25H,6,8,14-15,17H2,1-5H3/t21-/m0/s1. The molecule has 0 aliphatic rings. The highest BCUT2D eigenvalue weighted by atomic mass is 16.5. The molecule has 0 aromatic heterocycles. The van der Waals surface area contributed by atoms with E-state index in [9.17, 15) is 0 Å². The van der Waals surface area contributed by atoms with Gasteiger partial charge in [-0.15, -0.1) is 0 Å². The number of methoxy groups -OCH3 is 3. The second-order valence-corrected chi connectivity index (χ2v) is 7.60. The van der Waals surface area contributed by atoms with Crippen molar-refractivity contribution in [2.24, 2.45) is 5.92 Å². The van der Waals surface area contributed by atoms with Gasteiger partial charge in [-0.1, -0.05) is 38.5 Å². The molecule has 0 fully saturated rings. The smallest absolute Gasteiger partial charge is 0.161 e. The molecular weight excluding hydrogens is 350 g/mol. The molecule has 0 heterocycles. The molecule has 0 amide bonds. The van der Waals surface area contributed by atoms with Crippen LogP contribution in [0.2, 0.25) is 0 Å². The van der Waals surface area contributed by atoms with E-state index in [4.69, 9.17) is 14.2 Å². The zero-order valence-corrected chi connectivity index (χ0v) is 18.0. The third-order valence-electron chi connectivity index (χ3n) is 5.13. The highest BCUT2D eigenvalue weighted by Gasteiger charge is 2.13. The fourth-order valence-corrected chi connectivity index (χ4v) is 3.39. The molecule has 1 N–H and O–H groups in total. The van der Waals surface area contributed by atoms with Gasteiger partial charge in [0.25, 0.3) is 0 Å². The Kier molecular flexibility index (Phi) is 9.15. The summed E-state index contributed by atoms with van der Waals surface area (Å²) in [5.41, 5.74) is 2.59. The van der Waals surface area contributed by atoms with E-state index in [-0.39, 0.29) is 0 Å². The lowest BCUT2D eigenvalue weighted by Crippen LogP contribution is -2.17. The number of nitrogens with one attached hydrogen (secondary N) is 1. The normalized spacial score (nSPS) is 12.1. The predicted molar refractivity (Wildman–Crippen MR) is 116 cm³/mol. The molecule has 0 radical (unpaired) electrons. The van der Waals surface area contributed by atoms with E-state index in [0.29, 0.717) is 5.92 Å². The first-order chi connectivity index (χ1) is 13.6. The van der Waals surface area contributed by atoms with Crippen LogP contribution < -0.4 is 19.5 Å². The van der Waals surface area contributed by atoms with Crippen molar-refractivity contribution in [2.45, 2.75) is 45.6 Å². The Bertz CT molecular complexity index is 697. The van der Waals surface area contributed by atoms with Gasteiger partial charge in [-0.2, -0.15) is 0 Å². The van der Waals surface area contributed by atoms with Crippen molar-refractivity contribution >= 4 is 0 Å². The Morgan fingerprint density at radius 3 is 2.11 bits per heavy atom. The van der Waals surface area contributed by atoms with Gasteiger partial charge >= 0.3 is 0 Å². The third-order valence-corrected chi connectivity index (χ3v) is 5.13. The topological polar surface area (TPSA) is 39.7 Å². The monoisotopic (exact) mass is 385 g/mol. The van der Waals surface area contributed by atoms with E-state index >= 15 is 0 Å². The SMILES string of the molecule is COc1ccc([C@H](CCNCc2ccc(OC)c(OC)c2)CCC(C)C)cc1. The van der Waals surface area contributed by atoms with E-state index in [1.807, 2.05) is 12.1 Å². The van der Waals surface area contributed by atoms with Crippen molar-refractivity contribution < 1.29 is 14.2 Å². The van der Waals surface area contributed by atoms with Gasteiger partial charge in [-0.05, 0) is 66.6 Å². The number of hydrogen-bond donors (Lipinski definition) is 1. The highest BCUT2D eigenvalue weighted by molar-refractivity contribution is 5.42. The predicted octanol–water partition coefficient (Wildman–Crippen LogP) is 5.41. The van der Waals surface area contributed by atoms with Gasteiger partial charge in [-0.3, -0.25) is 0 Å². The Balaban J connectivity index is 1.91. The second kappa shape index (κ2) is 11.6. The summed E-state index contributed by atoms with van der Waals surface area (Å²) in [7, 11) is 5.04. The molecule has 0 aliphatic heterocycles. The Hall–Kier alpha value is -2.20. The molecule has 0 bridgehead atoms. The molecular formula is C24H35NO3. The van der Waals surface area contributed by atoms with Crippen molar-refractivity contribution in [1.82, 2.24) is 5.32 Å². The molecule has 1 atom stereocenters. The largest absolute Gasteiger partial charge is 0.497 e. The average Bonchev–Trinajstić information content (AvgIpc) is 2.73. The first kappa shape index (κ1) is 22.1. The van der Waals surface area contributed by atoms with Gasteiger partial charge in [0.05, 0.1) is 21.3 Å². The van der Waals surface area contributed by atoms with Crippen LogP contribution in [0.3, 0.4) is 0 Å². The maximum absolute atomic E-state index is 5.39. The lowest BCUT2D eigenvalue weighted by Gasteiger charge is -2.19. The van der Waals surface area contributed by atoms with Crippen LogP contribution in [0.25, 0.3) is 0 Å². The van der Waals surface area contributed by atoms with Crippen LogP contribution in [0, 0.1) is 5.92 Å². The summed E-state index contributed by atoms with van der Waals surface area (Å²) in [6, 6.07) is 14.6.